The van der Waals surface area contributed by atoms with E-state index in [9.17, 15) is 14.7 Å². The topological polar surface area (TPSA) is 84.9 Å². The summed E-state index contributed by atoms with van der Waals surface area (Å²) in [5.41, 5.74) is 0. The number of hydrogen-bond donors (Lipinski definition) is 2. The molecule has 0 aliphatic carbocycles. The largest absolute Gasteiger partial charge is 0.462 e. The molecule has 0 bridgehead atoms. The SMILES string of the molecule is CC=CC(=O)NC(O)C(=O)OCCCC.CCCCOCCCC. The molecule has 0 radical (unpaired) electrons. The van der Waals surface area contributed by atoms with Gasteiger partial charge in [-0.25, -0.2) is 4.79 Å². The third-order valence-electron chi connectivity index (χ3n) is 2.85. The first-order valence-corrected chi connectivity index (χ1v) is 8.88. The van der Waals surface area contributed by atoms with Crippen molar-refractivity contribution >= 4 is 11.9 Å². The zero-order valence-electron chi connectivity index (χ0n) is 15.7. The Kier molecular flexibility index (Phi) is 20.3. The van der Waals surface area contributed by atoms with Crippen LogP contribution in [0.25, 0.3) is 0 Å². The molecule has 1 atom stereocenters. The lowest BCUT2D eigenvalue weighted by Crippen LogP contribution is -2.41. The van der Waals surface area contributed by atoms with Crippen LogP contribution in [0.1, 0.15) is 66.2 Å². The molecule has 2 N–H and O–H groups in total. The van der Waals surface area contributed by atoms with Crippen molar-refractivity contribution in [2.75, 3.05) is 19.8 Å². The van der Waals surface area contributed by atoms with Crippen LogP contribution in [0.5, 0.6) is 0 Å². The van der Waals surface area contributed by atoms with Gasteiger partial charge < -0.3 is 19.9 Å². The van der Waals surface area contributed by atoms with Crippen molar-refractivity contribution in [3.05, 3.63) is 12.2 Å². The number of rotatable bonds is 12. The van der Waals surface area contributed by atoms with Crippen LogP contribution in [0.15, 0.2) is 12.2 Å². The minimum absolute atomic E-state index is 0.256. The Balaban J connectivity index is 0. The van der Waals surface area contributed by atoms with Crippen molar-refractivity contribution < 1.29 is 24.2 Å². The van der Waals surface area contributed by atoms with Crippen molar-refractivity contribution in [2.24, 2.45) is 0 Å². The van der Waals surface area contributed by atoms with Crippen LogP contribution in [0, 0.1) is 0 Å². The number of nitrogens with one attached hydrogen (secondary N) is 1. The van der Waals surface area contributed by atoms with E-state index in [0.29, 0.717) is 0 Å². The second-order valence-electron chi connectivity index (χ2n) is 5.25. The molecule has 6 nitrogen and oxygen atoms in total. The van der Waals surface area contributed by atoms with Crippen LogP contribution in [-0.2, 0) is 19.1 Å². The molecule has 0 saturated heterocycles. The molecule has 6 heteroatoms. The highest BCUT2D eigenvalue weighted by molar-refractivity contribution is 5.90. The number of amides is 1. The van der Waals surface area contributed by atoms with Gasteiger partial charge in [0.15, 0.2) is 0 Å². The van der Waals surface area contributed by atoms with E-state index in [1.807, 2.05) is 6.92 Å². The summed E-state index contributed by atoms with van der Waals surface area (Å²) in [6.45, 7) is 10.1. The van der Waals surface area contributed by atoms with Crippen molar-refractivity contribution in [1.29, 1.82) is 0 Å². The fourth-order valence-corrected chi connectivity index (χ4v) is 1.38. The first-order valence-electron chi connectivity index (χ1n) is 8.88. The molecule has 0 heterocycles. The summed E-state index contributed by atoms with van der Waals surface area (Å²) >= 11 is 0. The lowest BCUT2D eigenvalue weighted by Gasteiger charge is -2.10. The van der Waals surface area contributed by atoms with Crippen LogP contribution in [0.2, 0.25) is 0 Å². The van der Waals surface area contributed by atoms with Gasteiger partial charge in [-0.05, 0) is 32.3 Å². The predicted octanol–water partition coefficient (Wildman–Crippen LogP) is 2.94. The summed E-state index contributed by atoms with van der Waals surface area (Å²) in [6.07, 6.45) is 7.67. The van der Waals surface area contributed by atoms with Gasteiger partial charge in [-0.3, -0.25) is 4.79 Å². The zero-order chi connectivity index (χ0) is 18.6. The number of carbonyl (C=O) groups excluding carboxylic acids is 2. The summed E-state index contributed by atoms with van der Waals surface area (Å²) in [5.74, 6) is -1.36. The molecule has 0 aliphatic rings. The average molecular weight is 345 g/mol. The van der Waals surface area contributed by atoms with Gasteiger partial charge in [-0.1, -0.05) is 46.1 Å². The maximum atomic E-state index is 11.0. The van der Waals surface area contributed by atoms with E-state index in [-0.39, 0.29) is 6.61 Å². The number of esters is 1. The molecule has 24 heavy (non-hydrogen) atoms. The van der Waals surface area contributed by atoms with E-state index in [1.165, 1.54) is 37.8 Å². The number of aliphatic hydroxyl groups is 1. The molecular formula is C18H35NO5. The van der Waals surface area contributed by atoms with Gasteiger partial charge in [-0.15, -0.1) is 0 Å². The van der Waals surface area contributed by atoms with Gasteiger partial charge in [0.25, 0.3) is 0 Å². The number of aliphatic hydroxyl groups excluding tert-OH is 1. The lowest BCUT2D eigenvalue weighted by molar-refractivity contribution is -0.157. The second kappa shape index (κ2) is 19.6. The molecule has 0 saturated carbocycles. The third kappa shape index (κ3) is 18.6. The van der Waals surface area contributed by atoms with E-state index in [1.54, 1.807) is 6.92 Å². The van der Waals surface area contributed by atoms with E-state index in [4.69, 9.17) is 9.47 Å². The summed E-state index contributed by atoms with van der Waals surface area (Å²) in [4.78, 5) is 22.0. The Morgan fingerprint density at radius 2 is 1.50 bits per heavy atom. The van der Waals surface area contributed by atoms with Gasteiger partial charge in [0.1, 0.15) is 0 Å². The molecule has 0 aromatic heterocycles. The molecule has 1 amide bonds. The molecule has 142 valence electrons. The highest BCUT2D eigenvalue weighted by Gasteiger charge is 2.17. The third-order valence-corrected chi connectivity index (χ3v) is 2.85. The molecule has 0 spiro atoms. The van der Waals surface area contributed by atoms with Crippen LogP contribution < -0.4 is 5.32 Å². The average Bonchev–Trinajstić information content (AvgIpc) is 2.55. The first kappa shape index (κ1) is 24.8. The van der Waals surface area contributed by atoms with Crippen LogP contribution in [0.3, 0.4) is 0 Å². The maximum Gasteiger partial charge on any atom is 0.356 e. The Hall–Kier alpha value is -1.40. The summed E-state index contributed by atoms with van der Waals surface area (Å²) < 4.78 is 10.0. The minimum Gasteiger partial charge on any atom is -0.462 e. The Morgan fingerprint density at radius 3 is 1.96 bits per heavy atom. The fraction of sp³-hybridized carbons (Fsp3) is 0.778. The number of ether oxygens (including phenoxy) is 2. The quantitative estimate of drug-likeness (QED) is 0.246. The number of allylic oxidation sites excluding steroid dienone is 1. The zero-order valence-corrected chi connectivity index (χ0v) is 15.7. The molecule has 0 aliphatic heterocycles. The molecule has 0 aromatic rings. The normalized spacial score (nSPS) is 11.5. The van der Waals surface area contributed by atoms with E-state index < -0.39 is 18.1 Å². The Morgan fingerprint density at radius 1 is 1.00 bits per heavy atom. The van der Waals surface area contributed by atoms with E-state index >= 15 is 0 Å². The second-order valence-corrected chi connectivity index (χ2v) is 5.25. The number of hydrogen-bond acceptors (Lipinski definition) is 5. The van der Waals surface area contributed by atoms with Crippen LogP contribution in [0.4, 0.5) is 0 Å². The van der Waals surface area contributed by atoms with Crippen LogP contribution >= 0.6 is 0 Å². The van der Waals surface area contributed by atoms with Crippen LogP contribution in [-0.4, -0.2) is 43.0 Å². The standard InChI is InChI=1S/C10H17NO4.C8H18O/c1-3-5-7-15-10(14)9(13)11-8(12)6-4-2;1-3-5-7-9-8-6-4-2/h4,6,9,13H,3,5,7H2,1-2H3,(H,11,12);3-8H2,1-2H3. The predicted molar refractivity (Wildman–Crippen MR) is 95.5 cm³/mol. The molecule has 0 aromatic carbocycles. The molecule has 1 unspecified atom stereocenters. The van der Waals surface area contributed by atoms with Gasteiger partial charge >= 0.3 is 5.97 Å². The van der Waals surface area contributed by atoms with Crippen molar-refractivity contribution in [3.63, 3.8) is 0 Å². The molecule has 0 rings (SSSR count). The summed E-state index contributed by atoms with van der Waals surface area (Å²) in [5, 5.41) is 11.2. The maximum absolute atomic E-state index is 11.0. The highest BCUT2D eigenvalue weighted by Crippen LogP contribution is 1.92. The Labute approximate surface area is 146 Å². The minimum atomic E-state index is -1.59. The van der Waals surface area contributed by atoms with Crippen molar-refractivity contribution in [1.82, 2.24) is 5.32 Å². The van der Waals surface area contributed by atoms with Gasteiger partial charge in [-0.2, -0.15) is 0 Å². The number of carbonyl (C=O) groups is 2. The molecular weight excluding hydrogens is 310 g/mol. The summed E-state index contributed by atoms with van der Waals surface area (Å²) in [7, 11) is 0. The molecule has 0 fully saturated rings. The number of unbranched alkanes of at least 4 members (excludes halogenated alkanes) is 3. The monoisotopic (exact) mass is 345 g/mol. The highest BCUT2D eigenvalue weighted by atomic mass is 16.5. The summed E-state index contributed by atoms with van der Waals surface area (Å²) in [6, 6.07) is 0. The smallest absolute Gasteiger partial charge is 0.356 e. The lowest BCUT2D eigenvalue weighted by atomic mass is 10.3. The van der Waals surface area contributed by atoms with Gasteiger partial charge in [0.05, 0.1) is 6.61 Å². The van der Waals surface area contributed by atoms with Gasteiger partial charge in [0.2, 0.25) is 12.1 Å². The fourth-order valence-electron chi connectivity index (χ4n) is 1.38. The van der Waals surface area contributed by atoms with E-state index in [2.05, 4.69) is 19.2 Å². The van der Waals surface area contributed by atoms with Gasteiger partial charge in [0, 0.05) is 13.2 Å². The van der Waals surface area contributed by atoms with E-state index in [0.717, 1.165) is 26.1 Å². The van der Waals surface area contributed by atoms with Crippen molar-refractivity contribution in [2.45, 2.75) is 72.4 Å². The first-order chi connectivity index (χ1) is 11.5. The van der Waals surface area contributed by atoms with Crippen molar-refractivity contribution in [3.8, 4) is 0 Å². The Bertz CT molecular complexity index is 325.